The molecule has 26 heavy (non-hydrogen) atoms. The van der Waals surface area contributed by atoms with E-state index in [-0.39, 0.29) is 0 Å². The maximum atomic E-state index is 5.91. The van der Waals surface area contributed by atoms with Crippen molar-refractivity contribution in [2.24, 2.45) is 5.10 Å². The highest BCUT2D eigenvalue weighted by Gasteiger charge is 2.06. The van der Waals surface area contributed by atoms with Crippen LogP contribution in [0.15, 0.2) is 59.0 Å². The molecule has 0 fully saturated rings. The van der Waals surface area contributed by atoms with Crippen LogP contribution in [0.5, 0.6) is 5.75 Å². The van der Waals surface area contributed by atoms with Gasteiger partial charge in [0.05, 0.1) is 11.9 Å². The maximum absolute atomic E-state index is 5.91. The summed E-state index contributed by atoms with van der Waals surface area (Å²) in [6, 6.07) is 15.7. The van der Waals surface area contributed by atoms with Gasteiger partial charge in [-0.3, -0.25) is 5.43 Å². The summed E-state index contributed by atoms with van der Waals surface area (Å²) in [4.78, 5) is 4.51. The highest BCUT2D eigenvalue weighted by atomic mass is 35.5. The van der Waals surface area contributed by atoms with E-state index in [1.54, 1.807) is 6.21 Å². The fraction of sp³-hybridized carbons (Fsp3) is 0.200. The van der Waals surface area contributed by atoms with E-state index < -0.39 is 0 Å². The normalized spacial score (nSPS) is 11.2. The molecule has 0 unspecified atom stereocenters. The van der Waals surface area contributed by atoms with Crippen molar-refractivity contribution >= 4 is 34.3 Å². The Bertz CT molecular complexity index is 875. The number of nitrogens with zero attached hydrogens (tertiary/aromatic N) is 2. The first-order valence-electron chi connectivity index (χ1n) is 8.34. The number of hydrazone groups is 1. The molecule has 0 aliphatic carbocycles. The lowest BCUT2D eigenvalue weighted by Crippen LogP contribution is -2.03. The zero-order valence-electron chi connectivity index (χ0n) is 14.6. The Labute approximate surface area is 162 Å². The van der Waals surface area contributed by atoms with Crippen molar-refractivity contribution in [1.29, 1.82) is 0 Å². The van der Waals surface area contributed by atoms with Crippen LogP contribution < -0.4 is 10.2 Å². The number of ether oxygens (including phenoxy) is 1. The van der Waals surface area contributed by atoms with Crippen molar-refractivity contribution in [2.75, 3.05) is 12.0 Å². The Morgan fingerprint density at radius 1 is 1.19 bits per heavy atom. The summed E-state index contributed by atoms with van der Waals surface area (Å²) in [5.74, 6) is 1.32. The van der Waals surface area contributed by atoms with E-state index in [4.69, 9.17) is 16.3 Å². The quantitative estimate of drug-likeness (QED) is 0.397. The number of halogens is 1. The van der Waals surface area contributed by atoms with E-state index in [1.165, 1.54) is 16.9 Å². The average molecular weight is 386 g/mol. The van der Waals surface area contributed by atoms with Gasteiger partial charge in [0, 0.05) is 16.0 Å². The zero-order chi connectivity index (χ0) is 18.4. The van der Waals surface area contributed by atoms with Crippen LogP contribution in [0.2, 0.25) is 5.02 Å². The Balaban J connectivity index is 1.53. The van der Waals surface area contributed by atoms with Gasteiger partial charge in [-0.15, -0.1) is 11.3 Å². The molecule has 2 aromatic carbocycles. The maximum Gasteiger partial charge on any atom is 0.203 e. The minimum atomic E-state index is 0.395. The van der Waals surface area contributed by atoms with Crippen molar-refractivity contribution < 1.29 is 4.74 Å². The molecule has 0 bridgehead atoms. The zero-order valence-corrected chi connectivity index (χ0v) is 16.2. The molecule has 1 aromatic heterocycles. The number of aromatic nitrogens is 1. The number of hydrogen-bond acceptors (Lipinski definition) is 5. The fourth-order valence-electron chi connectivity index (χ4n) is 2.43. The second-order valence-electron chi connectivity index (χ2n) is 5.97. The molecule has 0 spiro atoms. The number of benzene rings is 2. The van der Waals surface area contributed by atoms with E-state index in [9.17, 15) is 0 Å². The van der Waals surface area contributed by atoms with E-state index >= 15 is 0 Å². The monoisotopic (exact) mass is 385 g/mol. The van der Waals surface area contributed by atoms with Crippen LogP contribution in [0.4, 0.5) is 5.13 Å². The van der Waals surface area contributed by atoms with Gasteiger partial charge in [0.2, 0.25) is 5.13 Å². The summed E-state index contributed by atoms with van der Waals surface area (Å²) in [5.41, 5.74) is 6.06. The van der Waals surface area contributed by atoms with Crippen molar-refractivity contribution in [3.63, 3.8) is 0 Å². The lowest BCUT2D eigenvalue weighted by molar-refractivity contribution is 0.374. The van der Waals surface area contributed by atoms with Gasteiger partial charge in [-0.1, -0.05) is 55.8 Å². The van der Waals surface area contributed by atoms with Gasteiger partial charge in [0.25, 0.3) is 0 Å². The first-order chi connectivity index (χ1) is 12.6. The third-order valence-corrected chi connectivity index (χ3v) is 4.75. The molecule has 3 aromatic rings. The minimum absolute atomic E-state index is 0.395. The molecular formula is C20H20ClN3OS. The summed E-state index contributed by atoms with van der Waals surface area (Å²) in [7, 11) is 0. The van der Waals surface area contributed by atoms with Crippen LogP contribution in [0.25, 0.3) is 11.3 Å². The molecule has 1 N–H and O–H groups in total. The van der Waals surface area contributed by atoms with Gasteiger partial charge in [0.1, 0.15) is 12.4 Å². The van der Waals surface area contributed by atoms with Crippen LogP contribution in [-0.2, 0) is 0 Å². The lowest BCUT2D eigenvalue weighted by Gasteiger charge is -2.12. The number of rotatable bonds is 7. The summed E-state index contributed by atoms with van der Waals surface area (Å²) in [6.07, 6.45) is 1.69. The minimum Gasteiger partial charge on any atom is -0.488 e. The summed E-state index contributed by atoms with van der Waals surface area (Å²) < 4.78 is 5.80. The number of thiazole rings is 1. The summed E-state index contributed by atoms with van der Waals surface area (Å²) >= 11 is 7.41. The molecular weight excluding hydrogens is 366 g/mol. The first-order valence-corrected chi connectivity index (χ1v) is 9.60. The Morgan fingerprint density at radius 3 is 2.73 bits per heavy atom. The van der Waals surface area contributed by atoms with Gasteiger partial charge in [0.15, 0.2) is 0 Å². The van der Waals surface area contributed by atoms with Crippen molar-refractivity contribution in [2.45, 2.75) is 19.8 Å². The van der Waals surface area contributed by atoms with Gasteiger partial charge >= 0.3 is 0 Å². The molecule has 0 aliphatic heterocycles. The standard InChI is InChI=1S/C20H20ClN3OS/c1-14(2)17-5-3-4-6-19(17)25-12-11-22-24-20-23-18(13-26-20)15-7-9-16(21)10-8-15/h3-11,13-14H,12H2,1-2H3,(H,23,24)/b22-11+. The Hall–Kier alpha value is -2.37. The molecule has 0 amide bonds. The molecule has 134 valence electrons. The third kappa shape index (κ3) is 4.84. The largest absolute Gasteiger partial charge is 0.488 e. The van der Waals surface area contributed by atoms with E-state index in [2.05, 4.69) is 35.4 Å². The predicted molar refractivity (Wildman–Crippen MR) is 111 cm³/mol. The van der Waals surface area contributed by atoms with Gasteiger partial charge in [-0.25, -0.2) is 4.98 Å². The van der Waals surface area contributed by atoms with Crippen LogP contribution in [0.1, 0.15) is 25.3 Å². The van der Waals surface area contributed by atoms with Crippen LogP contribution >= 0.6 is 22.9 Å². The highest BCUT2D eigenvalue weighted by molar-refractivity contribution is 7.14. The summed E-state index contributed by atoms with van der Waals surface area (Å²) in [6.45, 7) is 4.70. The molecule has 6 heteroatoms. The lowest BCUT2D eigenvalue weighted by atomic mass is 10.0. The molecule has 0 atom stereocenters. The van der Waals surface area contributed by atoms with E-state index in [0.717, 1.165) is 22.1 Å². The Kier molecular flexibility index (Phi) is 6.26. The van der Waals surface area contributed by atoms with Crippen LogP contribution in [0, 0.1) is 0 Å². The number of nitrogens with one attached hydrogen (secondary N) is 1. The van der Waals surface area contributed by atoms with Gasteiger partial charge in [-0.2, -0.15) is 5.10 Å². The molecule has 3 rings (SSSR count). The molecule has 0 radical (unpaired) electrons. The third-order valence-electron chi connectivity index (χ3n) is 3.75. The topological polar surface area (TPSA) is 46.5 Å². The second-order valence-corrected chi connectivity index (χ2v) is 7.27. The van der Waals surface area contributed by atoms with Crippen LogP contribution in [0.3, 0.4) is 0 Å². The van der Waals surface area contributed by atoms with Gasteiger partial charge < -0.3 is 4.74 Å². The molecule has 0 saturated heterocycles. The highest BCUT2D eigenvalue weighted by Crippen LogP contribution is 2.26. The van der Waals surface area contributed by atoms with E-state index in [0.29, 0.717) is 17.5 Å². The number of para-hydroxylation sites is 1. The predicted octanol–water partition coefficient (Wildman–Crippen LogP) is 6.06. The molecule has 1 heterocycles. The number of hydrogen-bond donors (Lipinski definition) is 1. The number of anilines is 1. The Morgan fingerprint density at radius 2 is 1.96 bits per heavy atom. The second kappa shape index (κ2) is 8.83. The van der Waals surface area contributed by atoms with Crippen molar-refractivity contribution in [3.8, 4) is 17.0 Å². The fourth-order valence-corrected chi connectivity index (χ4v) is 3.23. The SMILES string of the molecule is CC(C)c1ccccc1OC/C=N/Nc1nc(-c2ccc(Cl)cc2)cs1. The molecule has 0 saturated carbocycles. The van der Waals surface area contributed by atoms with E-state index in [1.807, 2.05) is 47.8 Å². The van der Waals surface area contributed by atoms with Gasteiger partial charge in [-0.05, 0) is 29.7 Å². The summed E-state index contributed by atoms with van der Waals surface area (Å²) in [5, 5.41) is 7.61. The van der Waals surface area contributed by atoms with Crippen molar-refractivity contribution in [3.05, 3.63) is 64.5 Å². The molecule has 0 aliphatic rings. The van der Waals surface area contributed by atoms with Crippen molar-refractivity contribution in [1.82, 2.24) is 4.98 Å². The smallest absolute Gasteiger partial charge is 0.203 e. The van der Waals surface area contributed by atoms with Crippen LogP contribution in [-0.4, -0.2) is 17.8 Å². The first kappa shape index (κ1) is 18.4. The molecule has 4 nitrogen and oxygen atoms in total. The average Bonchev–Trinajstić information content (AvgIpc) is 3.11.